The molecular formula is C16H22N2O4. The van der Waals surface area contributed by atoms with Crippen LogP contribution in [0.25, 0.3) is 0 Å². The molecule has 0 spiro atoms. The Morgan fingerprint density at radius 1 is 1.23 bits per heavy atom. The molecule has 6 nitrogen and oxygen atoms in total. The number of carbonyl (C=O) groups is 1. The van der Waals surface area contributed by atoms with E-state index >= 15 is 0 Å². The Morgan fingerprint density at radius 2 is 2.00 bits per heavy atom. The van der Waals surface area contributed by atoms with Crippen LogP contribution in [0.2, 0.25) is 0 Å². The van der Waals surface area contributed by atoms with Crippen LogP contribution in [-0.4, -0.2) is 50.9 Å². The molecule has 1 aliphatic rings. The van der Waals surface area contributed by atoms with Crippen LogP contribution in [0.3, 0.4) is 0 Å². The fourth-order valence-electron chi connectivity index (χ4n) is 2.36. The van der Waals surface area contributed by atoms with E-state index < -0.39 is 0 Å². The highest BCUT2D eigenvalue weighted by atomic mass is 16.6. The Balaban J connectivity index is 1.87. The Kier molecular flexibility index (Phi) is 6.06. The molecule has 0 bridgehead atoms. The van der Waals surface area contributed by atoms with Crippen LogP contribution >= 0.6 is 0 Å². The van der Waals surface area contributed by atoms with Gasteiger partial charge in [-0.25, -0.2) is 0 Å². The van der Waals surface area contributed by atoms with Gasteiger partial charge in [0, 0.05) is 18.7 Å². The average Bonchev–Trinajstić information content (AvgIpc) is 2.59. The standard InChI is InChI=1S/C16H22N2O4/c1-20-14-6-7-15(21-2)13(10-14)11-17-22-12-16(19)18-8-4-3-5-9-18/h6-7,10-11H,3-5,8-9,12H2,1-2H3/b17-11-. The smallest absolute Gasteiger partial charge is 0.263 e. The minimum atomic E-state index is -0.0389. The molecule has 1 fully saturated rings. The van der Waals surface area contributed by atoms with Gasteiger partial charge in [-0.15, -0.1) is 0 Å². The van der Waals surface area contributed by atoms with E-state index in [0.29, 0.717) is 11.5 Å². The van der Waals surface area contributed by atoms with Gasteiger partial charge in [0.05, 0.1) is 20.4 Å². The summed E-state index contributed by atoms with van der Waals surface area (Å²) in [6.07, 6.45) is 4.84. The molecule has 1 heterocycles. The highest BCUT2D eigenvalue weighted by Gasteiger charge is 2.16. The molecule has 0 aromatic heterocycles. The van der Waals surface area contributed by atoms with Gasteiger partial charge < -0.3 is 19.2 Å². The van der Waals surface area contributed by atoms with E-state index in [-0.39, 0.29) is 12.5 Å². The Labute approximate surface area is 130 Å². The molecule has 1 aromatic rings. The summed E-state index contributed by atoms with van der Waals surface area (Å²) in [5.41, 5.74) is 0.729. The maximum Gasteiger partial charge on any atom is 0.263 e. The zero-order valence-electron chi connectivity index (χ0n) is 13.1. The van der Waals surface area contributed by atoms with E-state index in [0.717, 1.165) is 31.5 Å². The second kappa shape index (κ2) is 8.26. The lowest BCUT2D eigenvalue weighted by molar-refractivity contribution is -0.136. The van der Waals surface area contributed by atoms with Gasteiger partial charge in [-0.1, -0.05) is 5.16 Å². The zero-order chi connectivity index (χ0) is 15.8. The summed E-state index contributed by atoms with van der Waals surface area (Å²) in [4.78, 5) is 18.8. The maximum absolute atomic E-state index is 11.9. The summed E-state index contributed by atoms with van der Waals surface area (Å²) in [7, 11) is 3.18. The molecule has 120 valence electrons. The number of nitrogens with zero attached hydrogens (tertiary/aromatic N) is 2. The molecule has 1 aliphatic heterocycles. The van der Waals surface area contributed by atoms with Gasteiger partial charge in [-0.2, -0.15) is 0 Å². The van der Waals surface area contributed by atoms with Crippen molar-refractivity contribution in [1.82, 2.24) is 4.90 Å². The third kappa shape index (κ3) is 4.38. The van der Waals surface area contributed by atoms with Crippen molar-refractivity contribution in [1.29, 1.82) is 0 Å². The normalized spacial score (nSPS) is 14.9. The number of piperidine rings is 1. The Morgan fingerprint density at radius 3 is 2.68 bits per heavy atom. The van der Waals surface area contributed by atoms with Crippen molar-refractivity contribution in [2.24, 2.45) is 5.16 Å². The number of carbonyl (C=O) groups excluding carboxylic acids is 1. The fraction of sp³-hybridized carbons (Fsp3) is 0.500. The molecule has 0 atom stereocenters. The van der Waals surface area contributed by atoms with Crippen LogP contribution in [0.5, 0.6) is 11.5 Å². The molecule has 1 aromatic carbocycles. The van der Waals surface area contributed by atoms with Crippen molar-refractivity contribution in [3.63, 3.8) is 0 Å². The number of rotatable bonds is 6. The SMILES string of the molecule is COc1ccc(OC)c(/C=N\OCC(=O)N2CCCCC2)c1. The van der Waals surface area contributed by atoms with E-state index in [9.17, 15) is 4.79 Å². The van der Waals surface area contributed by atoms with Gasteiger partial charge in [-0.05, 0) is 37.5 Å². The van der Waals surface area contributed by atoms with E-state index in [1.165, 1.54) is 12.6 Å². The van der Waals surface area contributed by atoms with Crippen molar-refractivity contribution in [2.75, 3.05) is 33.9 Å². The Hall–Kier alpha value is -2.24. The van der Waals surface area contributed by atoms with Crippen molar-refractivity contribution < 1.29 is 19.1 Å². The molecule has 1 amide bonds. The van der Waals surface area contributed by atoms with Crippen molar-refractivity contribution in [2.45, 2.75) is 19.3 Å². The third-order valence-electron chi connectivity index (χ3n) is 3.60. The van der Waals surface area contributed by atoms with Gasteiger partial charge in [0.1, 0.15) is 11.5 Å². The highest BCUT2D eigenvalue weighted by Crippen LogP contribution is 2.22. The molecule has 0 radical (unpaired) electrons. The molecule has 0 saturated carbocycles. The van der Waals surface area contributed by atoms with Crippen LogP contribution in [0.4, 0.5) is 0 Å². The van der Waals surface area contributed by atoms with Gasteiger partial charge in [0.15, 0.2) is 6.61 Å². The van der Waals surface area contributed by atoms with E-state index in [4.69, 9.17) is 14.3 Å². The minimum absolute atomic E-state index is 0.0190. The first-order valence-electron chi connectivity index (χ1n) is 7.39. The number of benzene rings is 1. The largest absolute Gasteiger partial charge is 0.497 e. The zero-order valence-corrected chi connectivity index (χ0v) is 13.1. The summed E-state index contributed by atoms with van der Waals surface area (Å²) < 4.78 is 10.4. The summed E-state index contributed by atoms with van der Waals surface area (Å²) in [5.74, 6) is 1.34. The molecule has 0 N–H and O–H groups in total. The topological polar surface area (TPSA) is 60.4 Å². The number of likely N-dealkylation sites (tertiary alicyclic amines) is 1. The lowest BCUT2D eigenvalue weighted by Gasteiger charge is -2.25. The van der Waals surface area contributed by atoms with Crippen molar-refractivity contribution in [3.05, 3.63) is 23.8 Å². The van der Waals surface area contributed by atoms with Gasteiger partial charge in [0.25, 0.3) is 5.91 Å². The van der Waals surface area contributed by atoms with Gasteiger partial charge >= 0.3 is 0 Å². The number of oxime groups is 1. The first-order chi connectivity index (χ1) is 10.7. The Bertz CT molecular complexity index is 525. The molecule has 2 rings (SSSR count). The average molecular weight is 306 g/mol. The third-order valence-corrected chi connectivity index (χ3v) is 3.60. The van der Waals surface area contributed by atoms with E-state index in [1.54, 1.807) is 32.4 Å². The van der Waals surface area contributed by atoms with Crippen molar-refractivity contribution >= 4 is 12.1 Å². The highest BCUT2D eigenvalue weighted by molar-refractivity contribution is 5.84. The first-order valence-corrected chi connectivity index (χ1v) is 7.39. The minimum Gasteiger partial charge on any atom is -0.497 e. The maximum atomic E-state index is 11.9. The molecular weight excluding hydrogens is 284 g/mol. The van der Waals surface area contributed by atoms with Gasteiger partial charge in [0.2, 0.25) is 0 Å². The second-order valence-corrected chi connectivity index (χ2v) is 5.06. The van der Waals surface area contributed by atoms with Crippen LogP contribution in [-0.2, 0) is 9.63 Å². The van der Waals surface area contributed by atoms with E-state index in [1.807, 2.05) is 4.90 Å². The molecule has 6 heteroatoms. The quantitative estimate of drug-likeness (QED) is 0.596. The lowest BCUT2D eigenvalue weighted by atomic mass is 10.1. The number of methoxy groups -OCH3 is 2. The van der Waals surface area contributed by atoms with E-state index in [2.05, 4.69) is 5.16 Å². The van der Waals surface area contributed by atoms with Crippen molar-refractivity contribution in [3.8, 4) is 11.5 Å². The fourth-order valence-corrected chi connectivity index (χ4v) is 2.36. The first kappa shape index (κ1) is 16.1. The number of amides is 1. The number of hydrogen-bond donors (Lipinski definition) is 0. The summed E-state index contributed by atoms with van der Waals surface area (Å²) >= 11 is 0. The molecule has 22 heavy (non-hydrogen) atoms. The monoisotopic (exact) mass is 306 g/mol. The molecule has 0 unspecified atom stereocenters. The van der Waals surface area contributed by atoms with Crippen LogP contribution in [0, 0.1) is 0 Å². The predicted octanol–water partition coefficient (Wildman–Crippen LogP) is 2.07. The second-order valence-electron chi connectivity index (χ2n) is 5.06. The van der Waals surface area contributed by atoms with Crippen LogP contribution < -0.4 is 9.47 Å². The van der Waals surface area contributed by atoms with Gasteiger partial charge in [-0.3, -0.25) is 4.79 Å². The molecule has 1 saturated heterocycles. The molecule has 0 aliphatic carbocycles. The summed E-state index contributed by atoms with van der Waals surface area (Å²) in [5, 5.41) is 3.85. The summed E-state index contributed by atoms with van der Waals surface area (Å²) in [6, 6.07) is 5.38. The lowest BCUT2D eigenvalue weighted by Crippen LogP contribution is -2.37. The van der Waals surface area contributed by atoms with Crippen LogP contribution in [0.15, 0.2) is 23.4 Å². The number of hydrogen-bond acceptors (Lipinski definition) is 5. The predicted molar refractivity (Wildman–Crippen MR) is 83.5 cm³/mol. The number of ether oxygens (including phenoxy) is 2. The van der Waals surface area contributed by atoms with Crippen LogP contribution in [0.1, 0.15) is 24.8 Å². The summed E-state index contributed by atoms with van der Waals surface area (Å²) in [6.45, 7) is 1.59.